The predicted molar refractivity (Wildman–Crippen MR) is 96.6 cm³/mol. The predicted octanol–water partition coefficient (Wildman–Crippen LogP) is 3.23. The molecule has 0 radical (unpaired) electrons. The number of benzene rings is 1. The molecule has 0 saturated carbocycles. The van der Waals surface area contributed by atoms with E-state index in [2.05, 4.69) is 64.6 Å². The molecule has 1 aromatic rings. The van der Waals surface area contributed by atoms with Crippen LogP contribution in [0.2, 0.25) is 0 Å². The average Bonchev–Trinajstić information content (AvgIpc) is 3.02. The van der Waals surface area contributed by atoms with Gasteiger partial charge < -0.3 is 10.6 Å². The fourth-order valence-corrected chi connectivity index (χ4v) is 4.40. The van der Waals surface area contributed by atoms with E-state index in [9.17, 15) is 0 Å². The number of guanidine groups is 1. The van der Waals surface area contributed by atoms with Crippen molar-refractivity contribution >= 4 is 29.5 Å². The molecule has 3 nitrogen and oxygen atoms in total. The second kappa shape index (κ2) is 9.26. The van der Waals surface area contributed by atoms with Gasteiger partial charge in [-0.1, -0.05) is 25.1 Å². The van der Waals surface area contributed by atoms with Crippen molar-refractivity contribution < 1.29 is 0 Å². The molecule has 2 N–H and O–H groups in total. The Morgan fingerprint density at radius 2 is 2.19 bits per heavy atom. The van der Waals surface area contributed by atoms with Crippen LogP contribution in [-0.2, 0) is 0 Å². The Bertz CT molecular complexity index is 430. The molecule has 21 heavy (non-hydrogen) atoms. The van der Waals surface area contributed by atoms with E-state index in [-0.39, 0.29) is 0 Å². The summed E-state index contributed by atoms with van der Waals surface area (Å²) >= 11 is 3.96. The van der Waals surface area contributed by atoms with Crippen LogP contribution < -0.4 is 10.6 Å². The van der Waals surface area contributed by atoms with Gasteiger partial charge in [-0.2, -0.15) is 11.8 Å². The SMILES string of the molecule is CN=C(NCC(C)Sc1ccccc1)NCC1CCCS1. The minimum atomic E-state index is 0.506. The topological polar surface area (TPSA) is 36.4 Å². The molecule has 1 heterocycles. The number of nitrogens with one attached hydrogen (secondary N) is 2. The van der Waals surface area contributed by atoms with Crippen molar-refractivity contribution in [3.05, 3.63) is 30.3 Å². The van der Waals surface area contributed by atoms with Gasteiger partial charge in [-0.05, 0) is 30.7 Å². The highest BCUT2D eigenvalue weighted by atomic mass is 32.2. The molecule has 0 amide bonds. The van der Waals surface area contributed by atoms with E-state index in [4.69, 9.17) is 0 Å². The zero-order valence-electron chi connectivity index (χ0n) is 12.8. The highest BCUT2D eigenvalue weighted by Crippen LogP contribution is 2.25. The molecule has 2 unspecified atom stereocenters. The standard InChI is InChI=1S/C16H25N3S2/c1-13(21-14-7-4-3-5-8-14)11-18-16(17-2)19-12-15-9-6-10-20-15/h3-5,7-8,13,15H,6,9-12H2,1-2H3,(H2,17,18,19). The van der Waals surface area contributed by atoms with Crippen molar-refractivity contribution in [1.29, 1.82) is 0 Å². The van der Waals surface area contributed by atoms with Gasteiger partial charge in [0.05, 0.1) is 0 Å². The molecule has 2 rings (SSSR count). The fourth-order valence-electron chi connectivity index (χ4n) is 2.25. The van der Waals surface area contributed by atoms with Crippen LogP contribution in [0.15, 0.2) is 40.2 Å². The maximum Gasteiger partial charge on any atom is 0.191 e. The van der Waals surface area contributed by atoms with Gasteiger partial charge in [-0.25, -0.2) is 0 Å². The second-order valence-corrected chi connectivity index (χ2v) is 8.13. The zero-order chi connectivity index (χ0) is 14.9. The van der Waals surface area contributed by atoms with E-state index in [1.165, 1.54) is 23.5 Å². The monoisotopic (exact) mass is 323 g/mol. The number of rotatable bonds is 6. The van der Waals surface area contributed by atoms with E-state index in [0.29, 0.717) is 5.25 Å². The second-order valence-electron chi connectivity index (χ2n) is 5.21. The van der Waals surface area contributed by atoms with Gasteiger partial charge in [-0.15, -0.1) is 11.8 Å². The van der Waals surface area contributed by atoms with Crippen LogP contribution >= 0.6 is 23.5 Å². The summed E-state index contributed by atoms with van der Waals surface area (Å²) in [5.74, 6) is 2.23. The van der Waals surface area contributed by atoms with Gasteiger partial charge in [0.2, 0.25) is 0 Å². The number of aliphatic imine (C=N–C) groups is 1. The van der Waals surface area contributed by atoms with Crippen LogP contribution in [0.4, 0.5) is 0 Å². The first-order chi connectivity index (χ1) is 10.3. The van der Waals surface area contributed by atoms with E-state index >= 15 is 0 Å². The molecule has 1 fully saturated rings. The van der Waals surface area contributed by atoms with Crippen molar-refractivity contribution in [1.82, 2.24) is 10.6 Å². The third-order valence-electron chi connectivity index (χ3n) is 3.38. The van der Waals surface area contributed by atoms with E-state index < -0.39 is 0 Å². The van der Waals surface area contributed by atoms with Crippen LogP contribution in [0.1, 0.15) is 19.8 Å². The number of thioether (sulfide) groups is 2. The molecule has 5 heteroatoms. The van der Waals surface area contributed by atoms with Crippen molar-refractivity contribution in [2.24, 2.45) is 4.99 Å². The Labute approximate surface area is 136 Å². The Balaban J connectivity index is 1.67. The molecule has 1 aliphatic rings. The van der Waals surface area contributed by atoms with Gasteiger partial charge in [0, 0.05) is 35.5 Å². The quantitative estimate of drug-likeness (QED) is 0.479. The Morgan fingerprint density at radius 3 is 2.86 bits per heavy atom. The van der Waals surface area contributed by atoms with E-state index in [1.54, 1.807) is 0 Å². The molecule has 1 aliphatic heterocycles. The van der Waals surface area contributed by atoms with Crippen LogP contribution in [-0.4, -0.2) is 42.3 Å². The Hall–Kier alpha value is -0.810. The van der Waals surface area contributed by atoms with Crippen LogP contribution in [0.3, 0.4) is 0 Å². The molecule has 0 aromatic heterocycles. The lowest BCUT2D eigenvalue weighted by Gasteiger charge is -2.17. The molecule has 0 aliphatic carbocycles. The lowest BCUT2D eigenvalue weighted by atomic mass is 10.2. The Kier molecular flexibility index (Phi) is 7.30. The van der Waals surface area contributed by atoms with Crippen molar-refractivity contribution in [3.63, 3.8) is 0 Å². The maximum atomic E-state index is 4.30. The first-order valence-corrected chi connectivity index (χ1v) is 9.48. The fraction of sp³-hybridized carbons (Fsp3) is 0.562. The summed E-state index contributed by atoms with van der Waals surface area (Å²) in [5, 5.41) is 8.12. The highest BCUT2D eigenvalue weighted by Gasteiger charge is 2.15. The third kappa shape index (κ3) is 6.22. The average molecular weight is 324 g/mol. The summed E-state index contributed by atoms with van der Waals surface area (Å²) < 4.78 is 0. The van der Waals surface area contributed by atoms with E-state index in [1.807, 2.05) is 18.8 Å². The van der Waals surface area contributed by atoms with Gasteiger partial charge in [0.15, 0.2) is 5.96 Å². The lowest BCUT2D eigenvalue weighted by molar-refractivity contribution is 0.723. The van der Waals surface area contributed by atoms with Crippen LogP contribution in [0, 0.1) is 0 Å². The minimum Gasteiger partial charge on any atom is -0.355 e. The summed E-state index contributed by atoms with van der Waals surface area (Å²) in [4.78, 5) is 5.62. The maximum absolute atomic E-state index is 4.30. The van der Waals surface area contributed by atoms with Gasteiger partial charge >= 0.3 is 0 Å². The number of hydrogen-bond donors (Lipinski definition) is 2. The number of nitrogens with zero attached hydrogens (tertiary/aromatic N) is 1. The molecular weight excluding hydrogens is 298 g/mol. The molecule has 1 saturated heterocycles. The van der Waals surface area contributed by atoms with Gasteiger partial charge in [0.1, 0.15) is 0 Å². The van der Waals surface area contributed by atoms with Crippen LogP contribution in [0.5, 0.6) is 0 Å². The van der Waals surface area contributed by atoms with E-state index in [0.717, 1.165) is 24.3 Å². The normalized spacial score (nSPS) is 20.3. The van der Waals surface area contributed by atoms with Crippen molar-refractivity contribution in [2.75, 3.05) is 25.9 Å². The summed E-state index contributed by atoms with van der Waals surface area (Å²) in [6.45, 7) is 4.17. The first kappa shape index (κ1) is 16.6. The number of hydrogen-bond acceptors (Lipinski definition) is 3. The van der Waals surface area contributed by atoms with Gasteiger partial charge in [0.25, 0.3) is 0 Å². The minimum absolute atomic E-state index is 0.506. The van der Waals surface area contributed by atoms with Crippen molar-refractivity contribution in [3.8, 4) is 0 Å². The van der Waals surface area contributed by atoms with Crippen LogP contribution in [0.25, 0.3) is 0 Å². The molecule has 1 aromatic carbocycles. The summed E-state index contributed by atoms with van der Waals surface area (Å²) in [6, 6.07) is 10.5. The smallest absolute Gasteiger partial charge is 0.191 e. The lowest BCUT2D eigenvalue weighted by Crippen LogP contribution is -2.42. The summed E-state index contributed by atoms with van der Waals surface area (Å²) in [5.41, 5.74) is 0. The highest BCUT2D eigenvalue weighted by molar-refractivity contribution is 8.00. The largest absolute Gasteiger partial charge is 0.355 e. The van der Waals surface area contributed by atoms with Gasteiger partial charge in [-0.3, -0.25) is 4.99 Å². The summed E-state index contributed by atoms with van der Waals surface area (Å²) in [7, 11) is 1.84. The molecular formula is C16H25N3S2. The first-order valence-electron chi connectivity index (χ1n) is 7.55. The molecule has 0 spiro atoms. The molecule has 116 valence electrons. The third-order valence-corrected chi connectivity index (χ3v) is 5.89. The Morgan fingerprint density at radius 1 is 1.38 bits per heavy atom. The molecule has 2 atom stereocenters. The van der Waals surface area contributed by atoms with Crippen molar-refractivity contribution in [2.45, 2.75) is 35.2 Å². The zero-order valence-corrected chi connectivity index (χ0v) is 14.5. The molecule has 0 bridgehead atoms. The summed E-state index contributed by atoms with van der Waals surface area (Å²) in [6.07, 6.45) is 2.68.